The maximum Gasteiger partial charge on any atom is 0.344 e. The molecule has 0 saturated carbocycles. The van der Waals surface area contributed by atoms with Gasteiger partial charge in [-0.15, -0.1) is 0 Å². The lowest BCUT2D eigenvalue weighted by Gasteiger charge is -2.36. The van der Waals surface area contributed by atoms with Gasteiger partial charge in [0.15, 0.2) is 11.4 Å². The zero-order valence-corrected chi connectivity index (χ0v) is 27.5. The number of nitrogens with one attached hydrogen (secondary N) is 1. The summed E-state index contributed by atoms with van der Waals surface area (Å²) in [7, 11) is 1.88. The highest BCUT2D eigenvalue weighted by molar-refractivity contribution is 6.05. The Balaban J connectivity index is 1.13. The molecular formula is C38H31N3O11. The molecule has 0 saturated heterocycles. The van der Waals surface area contributed by atoms with Crippen molar-refractivity contribution in [3.8, 4) is 28.7 Å². The summed E-state index contributed by atoms with van der Waals surface area (Å²) < 4.78 is 19.4. The SMILES string of the molecule is Cn1cc(C[C@H](N)C(=O)N[C@H](C=O)CCC(=O)Oc2c(C(=O)O)ccc3c2C(=O)OC32c3ccc(O)cc3Oc3cc(O)ccc32)c2ccccc21. The van der Waals surface area contributed by atoms with Crippen LogP contribution in [-0.4, -0.2) is 62.1 Å². The van der Waals surface area contributed by atoms with Gasteiger partial charge >= 0.3 is 17.9 Å². The molecule has 2 aliphatic heterocycles. The van der Waals surface area contributed by atoms with E-state index in [0.29, 0.717) is 6.29 Å². The maximum absolute atomic E-state index is 13.7. The minimum Gasteiger partial charge on any atom is -0.508 e. The van der Waals surface area contributed by atoms with Gasteiger partial charge in [-0.05, 0) is 54.8 Å². The number of aryl methyl sites for hydroxylation is 1. The van der Waals surface area contributed by atoms with Gasteiger partial charge in [0.2, 0.25) is 5.91 Å². The number of aromatic hydroxyl groups is 2. The maximum atomic E-state index is 13.7. The molecule has 4 aromatic carbocycles. The number of para-hydroxylation sites is 1. The van der Waals surface area contributed by atoms with Crippen LogP contribution < -0.4 is 20.5 Å². The quantitative estimate of drug-likeness (QED) is 0.0797. The first-order chi connectivity index (χ1) is 24.9. The van der Waals surface area contributed by atoms with Gasteiger partial charge in [-0.3, -0.25) is 9.59 Å². The number of phenols is 2. The van der Waals surface area contributed by atoms with Crippen molar-refractivity contribution in [2.45, 2.75) is 36.9 Å². The number of aromatic nitrogens is 1. The number of phenolic OH excluding ortho intramolecular Hbond substituents is 2. The molecule has 2 atom stereocenters. The molecule has 1 amide bonds. The summed E-state index contributed by atoms with van der Waals surface area (Å²) in [5.41, 5.74) is 6.09. The molecule has 0 bridgehead atoms. The molecule has 264 valence electrons. The van der Waals surface area contributed by atoms with E-state index in [4.69, 9.17) is 19.9 Å². The van der Waals surface area contributed by atoms with E-state index in [0.717, 1.165) is 22.5 Å². The Morgan fingerprint density at radius 2 is 1.63 bits per heavy atom. The van der Waals surface area contributed by atoms with Crippen LogP contribution in [0.2, 0.25) is 0 Å². The highest BCUT2D eigenvalue weighted by Crippen LogP contribution is 2.58. The molecule has 5 aromatic rings. The summed E-state index contributed by atoms with van der Waals surface area (Å²) in [5.74, 6) is -4.82. The summed E-state index contributed by atoms with van der Waals surface area (Å²) in [6.07, 6.45) is 1.85. The molecule has 14 nitrogen and oxygen atoms in total. The smallest absolute Gasteiger partial charge is 0.344 e. The van der Waals surface area contributed by atoms with Crippen molar-refractivity contribution in [3.63, 3.8) is 0 Å². The Bertz CT molecular complexity index is 2280. The fourth-order valence-corrected chi connectivity index (χ4v) is 6.85. The second-order valence-corrected chi connectivity index (χ2v) is 12.6. The van der Waals surface area contributed by atoms with E-state index >= 15 is 0 Å². The van der Waals surface area contributed by atoms with Crippen molar-refractivity contribution >= 4 is 41.0 Å². The highest BCUT2D eigenvalue weighted by atomic mass is 16.6. The number of fused-ring (bicyclic) bond motifs is 7. The second kappa shape index (κ2) is 12.9. The van der Waals surface area contributed by atoms with Crippen LogP contribution >= 0.6 is 0 Å². The molecule has 1 aromatic heterocycles. The largest absolute Gasteiger partial charge is 0.508 e. The summed E-state index contributed by atoms with van der Waals surface area (Å²) in [5, 5.41) is 33.9. The number of benzene rings is 4. The molecule has 0 unspecified atom stereocenters. The number of hydrogen-bond acceptors (Lipinski definition) is 11. The van der Waals surface area contributed by atoms with Crippen molar-refractivity contribution < 1.29 is 53.5 Å². The Hall–Kier alpha value is -6.67. The first-order valence-corrected chi connectivity index (χ1v) is 16.1. The third kappa shape index (κ3) is 5.64. The molecule has 0 aliphatic carbocycles. The minimum absolute atomic E-state index is 0.0957. The van der Waals surface area contributed by atoms with Crippen LogP contribution in [0, 0.1) is 0 Å². The van der Waals surface area contributed by atoms with Gasteiger partial charge in [0.25, 0.3) is 0 Å². The number of carbonyl (C=O) groups is 5. The zero-order valence-electron chi connectivity index (χ0n) is 27.5. The van der Waals surface area contributed by atoms with Crippen molar-refractivity contribution in [1.82, 2.24) is 9.88 Å². The van der Waals surface area contributed by atoms with Crippen LogP contribution in [0.15, 0.2) is 79.0 Å². The van der Waals surface area contributed by atoms with Gasteiger partial charge in [-0.1, -0.05) is 24.3 Å². The van der Waals surface area contributed by atoms with Crippen LogP contribution in [0.1, 0.15) is 55.8 Å². The number of aldehydes is 1. The summed E-state index contributed by atoms with van der Waals surface area (Å²) >= 11 is 0. The first-order valence-electron chi connectivity index (χ1n) is 16.1. The number of rotatable bonds is 10. The zero-order chi connectivity index (χ0) is 36.9. The van der Waals surface area contributed by atoms with Gasteiger partial charge < -0.3 is 49.9 Å². The van der Waals surface area contributed by atoms with Crippen LogP contribution in [0.4, 0.5) is 0 Å². The molecule has 52 heavy (non-hydrogen) atoms. The Kier molecular flexibility index (Phi) is 8.39. The van der Waals surface area contributed by atoms with Crippen LogP contribution in [0.5, 0.6) is 28.7 Å². The number of amides is 1. The standard InChI is InChI=1S/C38H31N3O11/c1-41-17-19(23-4-2-3-5-29(23)41)14-28(39)35(46)40-20(18-42)6-13-32(45)51-34-24(36(47)48)9-12-27-33(34)37(49)52-38(27)25-10-7-21(43)15-30(25)50-31-16-22(44)8-11-26(31)38/h2-5,7-12,15-18,20,28,43-44H,6,13-14,39H2,1H3,(H,40,46)(H,47,48)/t20-,28-/m0/s1. The Morgan fingerprint density at radius 3 is 2.29 bits per heavy atom. The number of carbonyl (C=O) groups excluding carboxylic acids is 4. The molecule has 2 aliphatic rings. The topological polar surface area (TPSA) is 217 Å². The number of carboxylic acids is 1. The van der Waals surface area contributed by atoms with E-state index < -0.39 is 59.2 Å². The molecule has 6 N–H and O–H groups in total. The normalized spacial score (nSPS) is 14.7. The molecule has 0 radical (unpaired) electrons. The van der Waals surface area contributed by atoms with E-state index in [1.54, 1.807) is 0 Å². The molecule has 7 rings (SSSR count). The number of nitrogens with two attached hydrogens (primary N) is 1. The lowest BCUT2D eigenvalue weighted by Crippen LogP contribution is -2.47. The summed E-state index contributed by atoms with van der Waals surface area (Å²) in [6, 6.07) is 16.3. The third-order valence-electron chi connectivity index (χ3n) is 9.25. The predicted molar refractivity (Wildman–Crippen MR) is 182 cm³/mol. The molecular weight excluding hydrogens is 674 g/mol. The number of esters is 2. The van der Waals surface area contributed by atoms with Crippen molar-refractivity contribution in [2.24, 2.45) is 12.8 Å². The van der Waals surface area contributed by atoms with Gasteiger partial charge in [0, 0.05) is 59.4 Å². The molecule has 1 spiro atoms. The number of ether oxygens (including phenoxy) is 3. The molecule has 14 heteroatoms. The van der Waals surface area contributed by atoms with Crippen molar-refractivity contribution in [3.05, 3.63) is 112 Å². The van der Waals surface area contributed by atoms with Gasteiger partial charge in [-0.2, -0.15) is 0 Å². The minimum atomic E-state index is -1.74. The fraction of sp³-hybridized carbons (Fsp3) is 0.184. The van der Waals surface area contributed by atoms with E-state index in [-0.39, 0.29) is 58.1 Å². The first kappa shape index (κ1) is 33.8. The number of aromatic carboxylic acids is 1. The Morgan fingerprint density at radius 1 is 0.981 bits per heavy atom. The second-order valence-electron chi connectivity index (χ2n) is 12.6. The van der Waals surface area contributed by atoms with Gasteiger partial charge in [0.1, 0.15) is 40.4 Å². The molecule has 0 fully saturated rings. The van der Waals surface area contributed by atoms with Crippen molar-refractivity contribution in [2.75, 3.05) is 0 Å². The highest BCUT2D eigenvalue weighted by Gasteiger charge is 2.55. The summed E-state index contributed by atoms with van der Waals surface area (Å²) in [6.45, 7) is 0. The average Bonchev–Trinajstić information content (AvgIpc) is 3.59. The van der Waals surface area contributed by atoms with Crippen LogP contribution in [0.25, 0.3) is 10.9 Å². The predicted octanol–water partition coefficient (Wildman–Crippen LogP) is 3.80. The van der Waals surface area contributed by atoms with Crippen LogP contribution in [-0.2, 0) is 38.2 Å². The number of hydrogen-bond donors (Lipinski definition) is 5. The lowest BCUT2D eigenvalue weighted by molar-refractivity contribution is -0.135. The summed E-state index contributed by atoms with van der Waals surface area (Å²) in [4.78, 5) is 64.2. The van der Waals surface area contributed by atoms with E-state index in [1.165, 1.54) is 42.5 Å². The molecule has 3 heterocycles. The lowest BCUT2D eigenvalue weighted by atomic mass is 9.77. The van der Waals surface area contributed by atoms with E-state index in [1.807, 2.05) is 42.1 Å². The van der Waals surface area contributed by atoms with Crippen molar-refractivity contribution in [1.29, 1.82) is 0 Å². The number of carboxylic acid groups (broad SMARTS) is 1. The fourth-order valence-electron chi connectivity index (χ4n) is 6.85. The van der Waals surface area contributed by atoms with Crippen LogP contribution in [0.3, 0.4) is 0 Å². The van der Waals surface area contributed by atoms with Gasteiger partial charge in [0.05, 0.1) is 12.1 Å². The third-order valence-corrected chi connectivity index (χ3v) is 9.25. The number of nitrogens with zero attached hydrogens (tertiary/aromatic N) is 1. The average molecular weight is 706 g/mol. The van der Waals surface area contributed by atoms with E-state index in [9.17, 15) is 39.3 Å². The van der Waals surface area contributed by atoms with E-state index in [2.05, 4.69) is 5.32 Å². The Labute approximate surface area is 294 Å². The van der Waals surface area contributed by atoms with Gasteiger partial charge in [-0.25, -0.2) is 9.59 Å². The monoisotopic (exact) mass is 705 g/mol.